The molecule has 2 rings (SSSR count). The summed E-state index contributed by atoms with van der Waals surface area (Å²) < 4.78 is 4.96. The van der Waals surface area contributed by atoms with Gasteiger partial charge in [0.05, 0.1) is 5.56 Å². The average molecular weight is 260 g/mol. The van der Waals surface area contributed by atoms with Gasteiger partial charge in [-0.2, -0.15) is 5.10 Å². The fourth-order valence-electron chi connectivity index (χ4n) is 1.48. The summed E-state index contributed by atoms with van der Waals surface area (Å²) in [5.74, 6) is -0.118. The monoisotopic (exact) mass is 260 g/mol. The topological polar surface area (TPSA) is 110 Å². The van der Waals surface area contributed by atoms with E-state index in [1.54, 1.807) is 18.2 Å². The number of hydrogen-bond donors (Lipinski definition) is 3. The Hall–Kier alpha value is -2.83. The fraction of sp³-hybridized carbons (Fsp3) is 0.0833. The number of H-pyrrole nitrogens is 1. The van der Waals surface area contributed by atoms with Gasteiger partial charge in [-0.1, -0.05) is 12.1 Å². The number of nitrogens with one attached hydrogen (secondary N) is 2. The lowest BCUT2D eigenvalue weighted by Gasteiger charge is -2.07. The number of nitrogen functional groups attached to an aromatic ring is 1. The van der Waals surface area contributed by atoms with Crippen LogP contribution in [0, 0.1) is 0 Å². The number of nitrogens with two attached hydrogens (primary N) is 1. The SMILES string of the molecule is CC(=O)Oc1ccccc1C(=O)Nc1cc(N)[nH]n1. The van der Waals surface area contributed by atoms with Gasteiger partial charge in [0.2, 0.25) is 0 Å². The number of esters is 1. The maximum Gasteiger partial charge on any atom is 0.308 e. The Labute approximate surface area is 108 Å². The number of ether oxygens (including phenoxy) is 1. The van der Waals surface area contributed by atoms with Crippen molar-refractivity contribution in [3.63, 3.8) is 0 Å². The molecule has 0 spiro atoms. The number of carbonyl (C=O) groups is 2. The van der Waals surface area contributed by atoms with E-state index in [4.69, 9.17) is 10.5 Å². The van der Waals surface area contributed by atoms with Crippen LogP contribution in [0.3, 0.4) is 0 Å². The van der Waals surface area contributed by atoms with Crippen LogP contribution in [-0.4, -0.2) is 22.1 Å². The molecule has 0 atom stereocenters. The largest absolute Gasteiger partial charge is 0.426 e. The predicted octanol–water partition coefficient (Wildman–Crippen LogP) is 1.17. The van der Waals surface area contributed by atoms with Crippen LogP contribution in [0.4, 0.5) is 11.6 Å². The number of para-hydroxylation sites is 1. The lowest BCUT2D eigenvalue weighted by atomic mass is 10.2. The van der Waals surface area contributed by atoms with Gasteiger partial charge in [-0.25, -0.2) is 0 Å². The third kappa shape index (κ3) is 3.09. The van der Waals surface area contributed by atoms with Crippen molar-refractivity contribution in [3.05, 3.63) is 35.9 Å². The van der Waals surface area contributed by atoms with Crippen molar-refractivity contribution in [2.24, 2.45) is 0 Å². The lowest BCUT2D eigenvalue weighted by molar-refractivity contribution is -0.131. The van der Waals surface area contributed by atoms with Crippen LogP contribution >= 0.6 is 0 Å². The molecule has 0 saturated carbocycles. The highest BCUT2D eigenvalue weighted by atomic mass is 16.5. The minimum absolute atomic E-state index is 0.191. The number of nitrogens with zero attached hydrogens (tertiary/aromatic N) is 1. The molecule has 1 amide bonds. The van der Waals surface area contributed by atoms with Gasteiger partial charge in [0, 0.05) is 13.0 Å². The molecule has 0 fully saturated rings. The minimum atomic E-state index is -0.496. The van der Waals surface area contributed by atoms with Gasteiger partial charge in [0.1, 0.15) is 11.6 Å². The maximum atomic E-state index is 12.0. The Kier molecular flexibility index (Phi) is 3.46. The molecule has 0 saturated heterocycles. The summed E-state index contributed by atoms with van der Waals surface area (Å²) in [7, 11) is 0. The number of hydrogen-bond acceptors (Lipinski definition) is 5. The molecular formula is C12H12N4O3. The maximum absolute atomic E-state index is 12.0. The van der Waals surface area contributed by atoms with Gasteiger partial charge in [-0.05, 0) is 12.1 Å². The zero-order chi connectivity index (χ0) is 13.8. The third-order valence-electron chi connectivity index (χ3n) is 2.22. The smallest absolute Gasteiger partial charge is 0.308 e. The van der Waals surface area contributed by atoms with Crippen molar-refractivity contribution < 1.29 is 14.3 Å². The second-order valence-corrected chi connectivity index (χ2v) is 3.75. The highest BCUT2D eigenvalue weighted by Gasteiger charge is 2.14. The predicted molar refractivity (Wildman–Crippen MR) is 68.7 cm³/mol. The molecule has 1 aromatic carbocycles. The van der Waals surface area contributed by atoms with E-state index in [-0.39, 0.29) is 11.3 Å². The van der Waals surface area contributed by atoms with Gasteiger partial charge in [0.15, 0.2) is 5.82 Å². The average Bonchev–Trinajstić information content (AvgIpc) is 2.74. The molecule has 7 heteroatoms. The van der Waals surface area contributed by atoms with Gasteiger partial charge in [-0.3, -0.25) is 14.7 Å². The number of aromatic nitrogens is 2. The van der Waals surface area contributed by atoms with Gasteiger partial charge >= 0.3 is 5.97 Å². The number of carbonyl (C=O) groups excluding carboxylic acids is 2. The van der Waals surface area contributed by atoms with Crippen LogP contribution in [0.2, 0.25) is 0 Å². The van der Waals surface area contributed by atoms with Crippen molar-refractivity contribution >= 4 is 23.5 Å². The summed E-state index contributed by atoms with van der Waals surface area (Å²) in [6.45, 7) is 1.27. The van der Waals surface area contributed by atoms with Gasteiger partial charge < -0.3 is 15.8 Å². The molecular weight excluding hydrogens is 248 g/mol. The molecule has 4 N–H and O–H groups in total. The molecule has 0 radical (unpaired) electrons. The van der Waals surface area contributed by atoms with E-state index < -0.39 is 11.9 Å². The summed E-state index contributed by atoms with van der Waals surface area (Å²) in [5.41, 5.74) is 5.69. The third-order valence-corrected chi connectivity index (χ3v) is 2.22. The molecule has 19 heavy (non-hydrogen) atoms. The summed E-state index contributed by atoms with van der Waals surface area (Å²) >= 11 is 0. The summed E-state index contributed by atoms with van der Waals surface area (Å²) in [6, 6.07) is 7.90. The second kappa shape index (κ2) is 5.21. The van der Waals surface area contributed by atoms with Crippen molar-refractivity contribution in [1.82, 2.24) is 10.2 Å². The first-order valence-electron chi connectivity index (χ1n) is 5.46. The molecule has 2 aromatic rings. The Bertz CT molecular complexity index is 621. The second-order valence-electron chi connectivity index (χ2n) is 3.75. The Balaban J connectivity index is 2.21. The van der Waals surface area contributed by atoms with Crippen molar-refractivity contribution in [2.75, 3.05) is 11.1 Å². The molecule has 1 heterocycles. The zero-order valence-electron chi connectivity index (χ0n) is 10.1. The number of aromatic amines is 1. The standard InChI is InChI=1S/C12H12N4O3/c1-7(17)19-9-5-3-2-4-8(9)12(18)14-11-6-10(13)15-16-11/h2-6H,1H3,(H4,13,14,15,16,18). The summed E-state index contributed by atoms with van der Waals surface area (Å²) in [6.07, 6.45) is 0. The Morgan fingerprint density at radius 2 is 2.11 bits per heavy atom. The first kappa shape index (κ1) is 12.6. The Morgan fingerprint density at radius 1 is 1.37 bits per heavy atom. The van der Waals surface area contributed by atoms with E-state index in [2.05, 4.69) is 15.5 Å². The lowest BCUT2D eigenvalue weighted by Crippen LogP contribution is -2.15. The molecule has 0 aliphatic rings. The van der Waals surface area contributed by atoms with Crippen LogP contribution in [0.1, 0.15) is 17.3 Å². The molecule has 0 aliphatic carbocycles. The quantitative estimate of drug-likeness (QED) is 0.566. The van der Waals surface area contributed by atoms with Crippen molar-refractivity contribution in [3.8, 4) is 5.75 Å². The first-order valence-corrected chi connectivity index (χ1v) is 5.46. The van der Waals surface area contributed by atoms with E-state index in [1.807, 2.05) is 0 Å². The zero-order valence-corrected chi connectivity index (χ0v) is 10.1. The van der Waals surface area contributed by atoms with Gasteiger partial charge in [0.25, 0.3) is 5.91 Å². The summed E-state index contributed by atoms with van der Waals surface area (Å²) in [4.78, 5) is 23.0. The van der Waals surface area contributed by atoms with E-state index in [9.17, 15) is 9.59 Å². The van der Waals surface area contributed by atoms with E-state index in [1.165, 1.54) is 19.1 Å². The van der Waals surface area contributed by atoms with Crippen molar-refractivity contribution in [1.29, 1.82) is 0 Å². The molecule has 1 aromatic heterocycles. The highest BCUT2D eigenvalue weighted by molar-refractivity contribution is 6.06. The van der Waals surface area contributed by atoms with Crippen LogP contribution < -0.4 is 15.8 Å². The van der Waals surface area contributed by atoms with Crippen molar-refractivity contribution in [2.45, 2.75) is 6.92 Å². The summed E-state index contributed by atoms with van der Waals surface area (Å²) in [5, 5.41) is 8.82. The van der Waals surface area contributed by atoms with Crippen LogP contribution in [0.15, 0.2) is 30.3 Å². The number of anilines is 2. The van der Waals surface area contributed by atoms with E-state index in [0.29, 0.717) is 11.6 Å². The number of benzene rings is 1. The molecule has 0 bridgehead atoms. The molecule has 0 unspecified atom stereocenters. The van der Waals surface area contributed by atoms with Crippen LogP contribution in [-0.2, 0) is 4.79 Å². The Morgan fingerprint density at radius 3 is 2.74 bits per heavy atom. The molecule has 7 nitrogen and oxygen atoms in total. The normalized spacial score (nSPS) is 9.95. The van der Waals surface area contributed by atoms with Gasteiger partial charge in [-0.15, -0.1) is 0 Å². The van der Waals surface area contributed by atoms with E-state index in [0.717, 1.165) is 0 Å². The molecule has 0 aliphatic heterocycles. The first-order chi connectivity index (χ1) is 9.06. The van der Waals surface area contributed by atoms with E-state index >= 15 is 0 Å². The molecule has 98 valence electrons. The van der Waals surface area contributed by atoms with Crippen LogP contribution in [0.5, 0.6) is 5.75 Å². The fourth-order valence-corrected chi connectivity index (χ4v) is 1.48. The number of amides is 1. The van der Waals surface area contributed by atoms with Crippen LogP contribution in [0.25, 0.3) is 0 Å². The highest BCUT2D eigenvalue weighted by Crippen LogP contribution is 2.19. The number of rotatable bonds is 3. The minimum Gasteiger partial charge on any atom is -0.426 e.